The Morgan fingerprint density at radius 1 is 1.07 bits per heavy atom. The average molecular weight is 402 g/mol. The number of hydrogen-bond donors (Lipinski definition) is 1. The number of carbonyl (C=O) groups is 1. The quantitative estimate of drug-likeness (QED) is 0.766. The lowest BCUT2D eigenvalue weighted by molar-refractivity contribution is 0.0697. The van der Waals surface area contributed by atoms with Crippen LogP contribution in [0.4, 0.5) is 0 Å². The average Bonchev–Trinajstić information content (AvgIpc) is 2.73. The van der Waals surface area contributed by atoms with Crippen LogP contribution in [0.1, 0.15) is 23.0 Å². The van der Waals surface area contributed by atoms with Crippen molar-refractivity contribution < 1.29 is 17.9 Å². The van der Waals surface area contributed by atoms with E-state index < -0.39 is 10.0 Å². The first-order valence-electron chi connectivity index (χ1n) is 8.78. The Morgan fingerprint density at radius 3 is 2.21 bits per heavy atom. The maximum atomic E-state index is 12.8. The topological polar surface area (TPSA) is 104 Å². The largest absolute Gasteiger partial charge is 0.497 e. The van der Waals surface area contributed by atoms with Crippen LogP contribution in [-0.4, -0.2) is 67.5 Å². The second-order valence-electron chi connectivity index (χ2n) is 6.43. The molecule has 0 radical (unpaired) electrons. The molecule has 28 heavy (non-hydrogen) atoms. The highest BCUT2D eigenvalue weighted by atomic mass is 32.2. The van der Waals surface area contributed by atoms with E-state index in [-0.39, 0.29) is 23.9 Å². The Morgan fingerprint density at radius 2 is 1.71 bits per heavy atom. The van der Waals surface area contributed by atoms with E-state index in [0.717, 1.165) is 0 Å². The summed E-state index contributed by atoms with van der Waals surface area (Å²) in [5.41, 5.74) is 1.28. The Bertz CT molecular complexity index is 964. The Kier molecular flexibility index (Phi) is 5.76. The van der Waals surface area contributed by atoms with E-state index in [1.165, 1.54) is 29.7 Å². The lowest BCUT2D eigenvalue weighted by Crippen LogP contribution is -2.50. The van der Waals surface area contributed by atoms with E-state index in [1.807, 2.05) is 0 Å². The molecule has 1 fully saturated rings. The third-order valence-electron chi connectivity index (χ3n) is 4.62. The van der Waals surface area contributed by atoms with Gasteiger partial charge in [-0.05, 0) is 43.3 Å². The number of ether oxygens (including phenoxy) is 1. The van der Waals surface area contributed by atoms with Crippen molar-refractivity contribution in [2.45, 2.75) is 11.8 Å². The molecule has 0 unspecified atom stereocenters. The normalized spacial score (nSPS) is 15.3. The predicted octanol–water partition coefficient (Wildman–Crippen LogP) is 1.62. The van der Waals surface area contributed by atoms with Crippen molar-refractivity contribution in [3.8, 4) is 5.75 Å². The van der Waals surface area contributed by atoms with Crippen LogP contribution in [0.2, 0.25) is 0 Å². The number of pyridine rings is 1. The minimum absolute atomic E-state index is 0.192. The van der Waals surface area contributed by atoms with Gasteiger partial charge in [0.05, 0.1) is 29.0 Å². The number of rotatable bonds is 5. The van der Waals surface area contributed by atoms with Crippen LogP contribution in [0.25, 0.3) is 0 Å². The molecule has 1 saturated heterocycles. The predicted molar refractivity (Wildman–Crippen MR) is 104 cm³/mol. The van der Waals surface area contributed by atoms with E-state index in [4.69, 9.17) is 10.1 Å². The molecule has 1 aliphatic heterocycles. The van der Waals surface area contributed by atoms with Crippen LogP contribution >= 0.6 is 0 Å². The van der Waals surface area contributed by atoms with Crippen molar-refractivity contribution >= 4 is 21.6 Å². The minimum atomic E-state index is -3.61. The molecule has 1 amide bonds. The zero-order chi connectivity index (χ0) is 20.3. The fourth-order valence-electron chi connectivity index (χ4n) is 2.95. The van der Waals surface area contributed by atoms with Gasteiger partial charge in [0.25, 0.3) is 5.91 Å². The van der Waals surface area contributed by atoms with Crippen LogP contribution in [0.5, 0.6) is 5.75 Å². The summed E-state index contributed by atoms with van der Waals surface area (Å²) in [6, 6.07) is 9.54. The number of piperazine rings is 1. The summed E-state index contributed by atoms with van der Waals surface area (Å²) in [5, 5.41) is 7.56. The SMILES string of the molecule is COc1ccc(S(=O)(=O)N2CCN(C(=O)c3ccc(C(C)=N)nc3)CC2)cc1. The number of amides is 1. The molecule has 2 aromatic rings. The van der Waals surface area contributed by atoms with Gasteiger partial charge in [0, 0.05) is 32.4 Å². The van der Waals surface area contributed by atoms with Gasteiger partial charge in [-0.2, -0.15) is 4.31 Å². The summed E-state index contributed by atoms with van der Waals surface area (Å²) < 4.78 is 32.0. The van der Waals surface area contributed by atoms with Gasteiger partial charge in [-0.1, -0.05) is 0 Å². The zero-order valence-electron chi connectivity index (χ0n) is 15.8. The van der Waals surface area contributed by atoms with E-state index in [1.54, 1.807) is 36.1 Å². The van der Waals surface area contributed by atoms with E-state index >= 15 is 0 Å². The highest BCUT2D eigenvalue weighted by Crippen LogP contribution is 2.21. The first kappa shape index (κ1) is 20.0. The summed E-state index contributed by atoms with van der Waals surface area (Å²) in [6.07, 6.45) is 1.45. The first-order valence-corrected chi connectivity index (χ1v) is 10.2. The van der Waals surface area contributed by atoms with Gasteiger partial charge in [0.2, 0.25) is 10.0 Å². The number of methoxy groups -OCH3 is 1. The maximum absolute atomic E-state index is 12.8. The second kappa shape index (κ2) is 8.07. The van der Waals surface area contributed by atoms with Gasteiger partial charge in [-0.25, -0.2) is 8.42 Å². The van der Waals surface area contributed by atoms with Crippen molar-refractivity contribution in [2.24, 2.45) is 0 Å². The molecule has 2 heterocycles. The number of nitrogens with zero attached hydrogens (tertiary/aromatic N) is 3. The third kappa shape index (κ3) is 4.05. The summed E-state index contributed by atoms with van der Waals surface area (Å²) in [4.78, 5) is 18.6. The molecule has 0 bridgehead atoms. The van der Waals surface area contributed by atoms with Gasteiger partial charge in [-0.15, -0.1) is 0 Å². The zero-order valence-corrected chi connectivity index (χ0v) is 16.6. The number of aromatic nitrogens is 1. The highest BCUT2D eigenvalue weighted by Gasteiger charge is 2.30. The smallest absolute Gasteiger partial charge is 0.255 e. The summed E-state index contributed by atoms with van der Waals surface area (Å²) >= 11 is 0. The van der Waals surface area contributed by atoms with E-state index in [2.05, 4.69) is 4.98 Å². The number of nitrogens with one attached hydrogen (secondary N) is 1. The van der Waals surface area contributed by atoms with Crippen LogP contribution < -0.4 is 4.74 Å². The molecule has 3 rings (SSSR count). The second-order valence-corrected chi connectivity index (χ2v) is 8.37. The molecule has 0 spiro atoms. The Hall–Kier alpha value is -2.78. The molecular formula is C19H22N4O4S. The van der Waals surface area contributed by atoms with Crippen molar-refractivity contribution in [3.63, 3.8) is 0 Å². The minimum Gasteiger partial charge on any atom is -0.497 e. The molecule has 1 aromatic carbocycles. The number of benzene rings is 1. The maximum Gasteiger partial charge on any atom is 0.255 e. The van der Waals surface area contributed by atoms with Gasteiger partial charge < -0.3 is 15.0 Å². The molecule has 1 aromatic heterocycles. The van der Waals surface area contributed by atoms with Crippen LogP contribution in [-0.2, 0) is 10.0 Å². The first-order chi connectivity index (χ1) is 13.3. The molecular weight excluding hydrogens is 380 g/mol. The molecule has 9 heteroatoms. The highest BCUT2D eigenvalue weighted by molar-refractivity contribution is 7.89. The molecule has 148 valence electrons. The molecule has 0 atom stereocenters. The molecule has 0 saturated carbocycles. The van der Waals surface area contributed by atoms with Crippen molar-refractivity contribution in [1.82, 2.24) is 14.2 Å². The van der Waals surface area contributed by atoms with E-state index in [0.29, 0.717) is 35.8 Å². The Balaban J connectivity index is 1.66. The van der Waals surface area contributed by atoms with Gasteiger partial charge in [0.1, 0.15) is 5.75 Å². The van der Waals surface area contributed by atoms with Crippen molar-refractivity contribution in [1.29, 1.82) is 5.41 Å². The number of carbonyl (C=O) groups excluding carboxylic acids is 1. The summed E-state index contributed by atoms with van der Waals surface area (Å²) in [7, 11) is -2.09. The fraction of sp³-hybridized carbons (Fsp3) is 0.316. The lowest BCUT2D eigenvalue weighted by atomic mass is 10.2. The lowest BCUT2D eigenvalue weighted by Gasteiger charge is -2.34. The Labute approximate surface area is 164 Å². The monoisotopic (exact) mass is 402 g/mol. The van der Waals surface area contributed by atoms with Crippen LogP contribution in [0.3, 0.4) is 0 Å². The third-order valence-corrected chi connectivity index (χ3v) is 6.53. The number of hydrogen-bond acceptors (Lipinski definition) is 6. The van der Waals surface area contributed by atoms with Crippen LogP contribution in [0, 0.1) is 5.41 Å². The molecule has 0 aliphatic carbocycles. The summed E-state index contributed by atoms with van der Waals surface area (Å²) in [6.45, 7) is 2.70. The van der Waals surface area contributed by atoms with Gasteiger partial charge >= 0.3 is 0 Å². The van der Waals surface area contributed by atoms with Crippen molar-refractivity contribution in [2.75, 3.05) is 33.3 Å². The van der Waals surface area contributed by atoms with Crippen molar-refractivity contribution in [3.05, 3.63) is 53.9 Å². The van der Waals surface area contributed by atoms with E-state index in [9.17, 15) is 13.2 Å². The fourth-order valence-corrected chi connectivity index (χ4v) is 4.38. The standard InChI is InChI=1S/C19H22N4O4S/c1-14(20)18-8-3-15(13-21-18)19(24)22-9-11-23(12-10-22)28(25,26)17-6-4-16(27-2)5-7-17/h3-8,13,20H,9-12H2,1-2H3. The molecule has 1 aliphatic rings. The van der Waals surface area contributed by atoms with Crippen LogP contribution in [0.15, 0.2) is 47.5 Å². The molecule has 1 N–H and O–H groups in total. The molecule has 8 nitrogen and oxygen atoms in total. The summed E-state index contributed by atoms with van der Waals surface area (Å²) in [5.74, 6) is 0.399. The van der Waals surface area contributed by atoms with Gasteiger partial charge in [0.15, 0.2) is 0 Å². The number of sulfonamides is 1. The van der Waals surface area contributed by atoms with Gasteiger partial charge in [-0.3, -0.25) is 9.78 Å².